The average molecular weight is 476 g/mol. The summed E-state index contributed by atoms with van der Waals surface area (Å²) in [6, 6.07) is 25.3. The number of carbonyl (C=O) groups excluding carboxylic acids is 1. The van der Waals surface area contributed by atoms with Crippen molar-refractivity contribution < 1.29 is 19.0 Å². The monoisotopic (exact) mass is 475 g/mol. The lowest BCUT2D eigenvalue weighted by Gasteiger charge is -2.34. The third-order valence-electron chi connectivity index (χ3n) is 6.10. The van der Waals surface area contributed by atoms with Crippen LogP contribution < -0.4 is 14.4 Å². The number of hydrogen-bond acceptors (Lipinski definition) is 5. The van der Waals surface area contributed by atoms with Crippen LogP contribution in [0, 0.1) is 0 Å². The second-order valence-corrected chi connectivity index (χ2v) is 8.35. The fourth-order valence-electron chi connectivity index (χ4n) is 4.19. The highest BCUT2D eigenvalue weighted by Gasteiger charge is 2.25. The molecule has 184 valence electrons. The minimum atomic E-state index is -0.0783. The molecule has 7 heteroatoms. The number of hydrogen-bond donors (Lipinski definition) is 0. The number of amides is 2. The van der Waals surface area contributed by atoms with Gasteiger partial charge in [0.05, 0.1) is 38.8 Å². The Kier molecular flexibility index (Phi) is 8.59. The minimum absolute atomic E-state index is 0.0783. The maximum absolute atomic E-state index is 14.2. The van der Waals surface area contributed by atoms with E-state index in [4.69, 9.17) is 14.2 Å². The zero-order chi connectivity index (χ0) is 24.5. The lowest BCUT2D eigenvalue weighted by Crippen LogP contribution is -2.46. The highest BCUT2D eigenvalue weighted by Crippen LogP contribution is 2.30. The number of ether oxygens (including phenoxy) is 3. The standard InChI is InChI=1S/C28H33N3O4/c1-33-26-14-13-23(21-27(26)34-2)22-30(16-15-29-17-19-35-20-18-29)28(32)31(24-9-5-3-6-10-24)25-11-7-4-8-12-25/h3-14,21H,15-20,22H2,1-2H3. The van der Waals surface area contributed by atoms with Gasteiger partial charge in [0, 0.05) is 32.7 Å². The van der Waals surface area contributed by atoms with Gasteiger partial charge in [-0.2, -0.15) is 0 Å². The van der Waals surface area contributed by atoms with Gasteiger partial charge in [0.2, 0.25) is 0 Å². The van der Waals surface area contributed by atoms with E-state index in [0.717, 1.165) is 49.8 Å². The van der Waals surface area contributed by atoms with E-state index in [1.807, 2.05) is 83.8 Å². The molecule has 0 aromatic heterocycles. The lowest BCUT2D eigenvalue weighted by atomic mass is 10.1. The number of carbonyl (C=O) groups is 1. The number of nitrogens with zero attached hydrogens (tertiary/aromatic N) is 3. The van der Waals surface area contributed by atoms with E-state index in [2.05, 4.69) is 4.90 Å². The number of para-hydroxylation sites is 2. The van der Waals surface area contributed by atoms with E-state index >= 15 is 0 Å². The summed E-state index contributed by atoms with van der Waals surface area (Å²) in [5.74, 6) is 1.31. The Labute approximate surface area is 207 Å². The molecule has 1 saturated heterocycles. The summed E-state index contributed by atoms with van der Waals surface area (Å²) in [6.07, 6.45) is 0. The lowest BCUT2D eigenvalue weighted by molar-refractivity contribution is 0.0348. The molecule has 0 unspecified atom stereocenters. The van der Waals surface area contributed by atoms with E-state index in [1.165, 1.54) is 0 Å². The summed E-state index contributed by atoms with van der Waals surface area (Å²) in [5, 5.41) is 0. The van der Waals surface area contributed by atoms with Crippen LogP contribution in [0.2, 0.25) is 0 Å². The summed E-state index contributed by atoms with van der Waals surface area (Å²) < 4.78 is 16.4. The quantitative estimate of drug-likeness (QED) is 0.445. The average Bonchev–Trinajstić information content (AvgIpc) is 2.92. The van der Waals surface area contributed by atoms with Gasteiger partial charge in [-0.15, -0.1) is 0 Å². The van der Waals surface area contributed by atoms with Crippen molar-refractivity contribution in [1.82, 2.24) is 9.80 Å². The maximum Gasteiger partial charge on any atom is 0.329 e. The largest absolute Gasteiger partial charge is 0.493 e. The summed E-state index contributed by atoms with van der Waals surface area (Å²) in [6.45, 7) is 5.01. The Hall–Kier alpha value is -3.55. The van der Waals surface area contributed by atoms with Crippen LogP contribution in [0.3, 0.4) is 0 Å². The van der Waals surface area contributed by atoms with Crippen LogP contribution in [-0.2, 0) is 11.3 Å². The first-order valence-electron chi connectivity index (χ1n) is 11.9. The van der Waals surface area contributed by atoms with E-state index in [-0.39, 0.29) is 6.03 Å². The van der Waals surface area contributed by atoms with Crippen LogP contribution in [0.15, 0.2) is 78.9 Å². The van der Waals surface area contributed by atoms with Crippen molar-refractivity contribution in [2.45, 2.75) is 6.54 Å². The zero-order valence-corrected chi connectivity index (χ0v) is 20.4. The molecule has 0 saturated carbocycles. The second-order valence-electron chi connectivity index (χ2n) is 8.35. The van der Waals surface area contributed by atoms with Gasteiger partial charge >= 0.3 is 6.03 Å². The number of rotatable bonds is 9. The molecular formula is C28H33N3O4. The molecule has 0 spiro atoms. The Morgan fingerprint density at radius 1 is 0.857 bits per heavy atom. The highest BCUT2D eigenvalue weighted by molar-refractivity contribution is 5.99. The molecule has 1 aliphatic rings. The van der Waals surface area contributed by atoms with Crippen molar-refractivity contribution in [1.29, 1.82) is 0 Å². The normalized spacial score (nSPS) is 13.8. The molecule has 1 fully saturated rings. The van der Waals surface area contributed by atoms with Crippen molar-refractivity contribution in [3.63, 3.8) is 0 Å². The Morgan fingerprint density at radius 2 is 1.46 bits per heavy atom. The van der Waals surface area contributed by atoms with Crippen LogP contribution in [0.4, 0.5) is 16.2 Å². The van der Waals surface area contributed by atoms with E-state index in [0.29, 0.717) is 24.6 Å². The Morgan fingerprint density at radius 3 is 2.03 bits per heavy atom. The molecule has 0 N–H and O–H groups in total. The van der Waals surface area contributed by atoms with Crippen molar-refractivity contribution >= 4 is 17.4 Å². The number of morpholine rings is 1. The van der Waals surface area contributed by atoms with Gasteiger partial charge in [0.15, 0.2) is 11.5 Å². The minimum Gasteiger partial charge on any atom is -0.493 e. The van der Waals surface area contributed by atoms with Crippen molar-refractivity contribution in [3.05, 3.63) is 84.4 Å². The van der Waals surface area contributed by atoms with Crippen molar-refractivity contribution in [2.24, 2.45) is 0 Å². The van der Waals surface area contributed by atoms with E-state index < -0.39 is 0 Å². The first-order chi connectivity index (χ1) is 17.2. The Balaban J connectivity index is 1.64. The van der Waals surface area contributed by atoms with Crippen LogP contribution >= 0.6 is 0 Å². The first kappa shape index (κ1) is 24.6. The molecule has 3 aromatic rings. The van der Waals surface area contributed by atoms with E-state index in [1.54, 1.807) is 19.1 Å². The third kappa shape index (κ3) is 6.32. The molecule has 7 nitrogen and oxygen atoms in total. The fourth-order valence-corrected chi connectivity index (χ4v) is 4.19. The number of urea groups is 1. The maximum atomic E-state index is 14.2. The third-order valence-corrected chi connectivity index (χ3v) is 6.10. The topological polar surface area (TPSA) is 54.5 Å². The molecule has 35 heavy (non-hydrogen) atoms. The fraction of sp³-hybridized carbons (Fsp3) is 0.321. The summed E-state index contributed by atoms with van der Waals surface area (Å²) in [4.78, 5) is 20.2. The molecule has 0 aliphatic carbocycles. The molecule has 4 rings (SSSR count). The predicted molar refractivity (Wildman–Crippen MR) is 138 cm³/mol. The van der Waals surface area contributed by atoms with Crippen LogP contribution in [0.5, 0.6) is 11.5 Å². The smallest absolute Gasteiger partial charge is 0.329 e. The molecule has 1 heterocycles. The van der Waals surface area contributed by atoms with Crippen LogP contribution in [0.25, 0.3) is 0 Å². The second kappa shape index (κ2) is 12.2. The van der Waals surface area contributed by atoms with Gasteiger partial charge in [-0.1, -0.05) is 42.5 Å². The van der Waals surface area contributed by atoms with Gasteiger partial charge < -0.3 is 19.1 Å². The van der Waals surface area contributed by atoms with Gasteiger partial charge in [0.1, 0.15) is 0 Å². The SMILES string of the molecule is COc1ccc(CN(CCN2CCOCC2)C(=O)N(c2ccccc2)c2ccccc2)cc1OC. The van der Waals surface area contributed by atoms with Gasteiger partial charge in [-0.05, 0) is 42.0 Å². The van der Waals surface area contributed by atoms with Gasteiger partial charge in [-0.25, -0.2) is 4.79 Å². The molecule has 0 radical (unpaired) electrons. The first-order valence-corrected chi connectivity index (χ1v) is 11.9. The number of methoxy groups -OCH3 is 2. The predicted octanol–water partition coefficient (Wildman–Crippen LogP) is 4.80. The summed E-state index contributed by atoms with van der Waals surface area (Å²) in [7, 11) is 3.24. The van der Waals surface area contributed by atoms with Crippen molar-refractivity contribution in [2.75, 3.05) is 58.5 Å². The summed E-state index contributed by atoms with van der Waals surface area (Å²) in [5.41, 5.74) is 2.62. The molecule has 1 aliphatic heterocycles. The van der Waals surface area contributed by atoms with Crippen LogP contribution in [-0.4, -0.2) is 69.4 Å². The molecule has 2 amide bonds. The zero-order valence-electron chi connectivity index (χ0n) is 20.4. The van der Waals surface area contributed by atoms with Gasteiger partial charge in [-0.3, -0.25) is 9.80 Å². The van der Waals surface area contributed by atoms with Gasteiger partial charge in [0.25, 0.3) is 0 Å². The molecule has 0 atom stereocenters. The van der Waals surface area contributed by atoms with E-state index in [9.17, 15) is 4.79 Å². The Bertz CT molecular complexity index is 1030. The van der Waals surface area contributed by atoms with Crippen LogP contribution in [0.1, 0.15) is 5.56 Å². The molecular weight excluding hydrogens is 442 g/mol. The molecule has 3 aromatic carbocycles. The molecule has 0 bridgehead atoms. The summed E-state index contributed by atoms with van der Waals surface area (Å²) >= 11 is 0. The highest BCUT2D eigenvalue weighted by atomic mass is 16.5. The van der Waals surface area contributed by atoms with Crippen molar-refractivity contribution in [3.8, 4) is 11.5 Å². The number of benzene rings is 3. The number of anilines is 2.